The minimum absolute atomic E-state index is 0.152. The molecule has 1 heterocycles. The number of rotatable bonds is 25. The Balaban J connectivity index is 1.88. The number of carboxylic acids is 2. The monoisotopic (exact) mass is 1010 g/mol. The number of hydrogen-bond acceptors (Lipinski definition) is 15. The lowest BCUT2D eigenvalue weighted by Crippen LogP contribution is -2.59. The Bertz CT molecular complexity index is 2350. The van der Waals surface area contributed by atoms with Crippen LogP contribution in [0.2, 0.25) is 0 Å². The van der Waals surface area contributed by atoms with Crippen LogP contribution in [0, 0.1) is 0 Å². The van der Waals surface area contributed by atoms with Crippen LogP contribution in [-0.2, 0) is 75.4 Å². The van der Waals surface area contributed by atoms with Gasteiger partial charge < -0.3 is 66.2 Å². The summed E-state index contributed by atoms with van der Waals surface area (Å²) < 4.78 is 32.8. The number of carboxylic acid groups (broad SMARTS) is 2. The van der Waals surface area contributed by atoms with Crippen LogP contribution < -0.4 is 41.8 Å². The largest absolute Gasteiger partial charge is 0.508 e. The number of primary amides is 1. The van der Waals surface area contributed by atoms with Gasteiger partial charge in [0.05, 0.1) is 19.4 Å². The molecule has 370 valence electrons. The molecule has 25 nitrogen and oxygen atoms in total. The predicted octanol–water partition coefficient (Wildman–Crippen LogP) is -1.90. The molecule has 0 spiro atoms. The predicted molar refractivity (Wildman–Crippen MR) is 235 cm³/mol. The zero-order valence-corrected chi connectivity index (χ0v) is 38.4. The van der Waals surface area contributed by atoms with Gasteiger partial charge in [0.15, 0.2) is 0 Å². The van der Waals surface area contributed by atoms with Gasteiger partial charge in [0.1, 0.15) is 58.5 Å². The van der Waals surface area contributed by atoms with Gasteiger partial charge in [0.2, 0.25) is 47.3 Å². The average Bonchev–Trinajstić information content (AvgIpc) is 3.75. The van der Waals surface area contributed by atoms with E-state index in [1.165, 1.54) is 48.2 Å². The summed E-state index contributed by atoms with van der Waals surface area (Å²) in [6, 6.07) is 0.855. The first-order chi connectivity index (χ1) is 31.8. The van der Waals surface area contributed by atoms with Crippen molar-refractivity contribution in [3.63, 3.8) is 0 Å². The highest BCUT2D eigenvalue weighted by atomic mass is 35.5. The second-order valence-corrected chi connectivity index (χ2v) is 17.1. The van der Waals surface area contributed by atoms with Crippen molar-refractivity contribution in [3.05, 3.63) is 70.4 Å². The van der Waals surface area contributed by atoms with E-state index in [0.717, 1.165) is 19.1 Å². The number of nitrogens with two attached hydrogens (primary N) is 1. The van der Waals surface area contributed by atoms with Gasteiger partial charge in [-0.25, -0.2) is 0 Å². The molecule has 8 amide bonds. The molecule has 2 aromatic rings. The molecule has 1 aliphatic heterocycles. The number of phenolic OH excluding ortho intramolecular Hbond substituents is 1. The Morgan fingerprint density at radius 1 is 0.765 bits per heavy atom. The fourth-order valence-electron chi connectivity index (χ4n) is 6.49. The Labute approximate surface area is 397 Å². The minimum atomic E-state index is -4.72. The maximum absolute atomic E-state index is 14.0. The lowest BCUT2D eigenvalue weighted by molar-refractivity contribution is -0.141. The zero-order chi connectivity index (χ0) is 50.9. The van der Waals surface area contributed by atoms with Crippen molar-refractivity contribution >= 4 is 92.8 Å². The Morgan fingerprint density at radius 3 is 1.75 bits per heavy atom. The third kappa shape index (κ3) is 18.6. The number of aromatic hydroxyl groups is 1. The molecule has 11 N–H and O–H groups in total. The molecule has 68 heavy (non-hydrogen) atoms. The second-order valence-electron chi connectivity index (χ2n) is 14.9. The molecule has 0 aliphatic carbocycles. The number of phenols is 1. The molecule has 1 fully saturated rings. The Hall–Kier alpha value is -7.19. The van der Waals surface area contributed by atoms with Gasteiger partial charge in [-0.1, -0.05) is 47.5 Å². The van der Waals surface area contributed by atoms with Crippen LogP contribution in [0.15, 0.2) is 59.3 Å². The molecular formula is C40H48Cl2N8O17S. The maximum Gasteiger partial charge on any atom is 0.500 e. The summed E-state index contributed by atoms with van der Waals surface area (Å²) in [6.45, 7) is 1.83. The van der Waals surface area contributed by atoms with Gasteiger partial charge in [-0.15, -0.1) is 8.42 Å². The first-order valence-corrected chi connectivity index (χ1v) is 22.2. The molecule has 2 aromatic carbocycles. The van der Waals surface area contributed by atoms with Crippen LogP contribution in [0.4, 0.5) is 0 Å². The molecule has 0 saturated carbocycles. The number of nitrogens with one attached hydrogen (secondary N) is 6. The van der Waals surface area contributed by atoms with E-state index < -0.39 is 136 Å². The Kier molecular flexibility index (Phi) is 20.8. The van der Waals surface area contributed by atoms with E-state index >= 15 is 0 Å². The lowest BCUT2D eigenvalue weighted by atomic mass is 10.0. The fourth-order valence-corrected chi connectivity index (χ4v) is 7.28. The number of carbonyl (C=O) groups is 10. The maximum atomic E-state index is 14.0. The molecule has 0 aromatic heterocycles. The Morgan fingerprint density at radius 2 is 1.25 bits per heavy atom. The third-order valence-corrected chi connectivity index (χ3v) is 10.5. The van der Waals surface area contributed by atoms with Gasteiger partial charge >= 0.3 is 22.3 Å². The van der Waals surface area contributed by atoms with Crippen molar-refractivity contribution in [2.75, 3.05) is 13.1 Å². The standard InChI is InChI=1S/C40H48Cl2N8O17S/c1-20(40(63)50-13-3-4-30(50)35(43)58)45-32(53)18-44-36(59)26(14-22-5-9-24(52)10-6-22)47-39(62)29(17-34(56)57)49-37(60)27(48-38(61)28(16-33(54)55)46-21(2)51)15-23-7-11-25(12-8-23)67-68(64,65)66-19-31(41)42/h5-12,19-20,26-30,52H,3-4,13-18H2,1-2H3,(H2,43,58)(H,44,59)(H,45,53)(H,46,51)(H,47,62)(H,48,61)(H,49,60)(H,54,55)(H,56,57)/t20-,26-,27-,28-,29-,30-/m0/s1. The number of carbonyl (C=O) groups excluding carboxylic acids is 8. The summed E-state index contributed by atoms with van der Waals surface area (Å²) in [7, 11) is -4.72. The van der Waals surface area contributed by atoms with Crippen molar-refractivity contribution in [1.29, 1.82) is 0 Å². The fraction of sp³-hybridized carbons (Fsp3) is 0.400. The highest BCUT2D eigenvalue weighted by molar-refractivity contribution is 7.82. The molecule has 3 rings (SSSR count). The summed E-state index contributed by atoms with van der Waals surface area (Å²) in [5.74, 6) is -11.3. The van der Waals surface area contributed by atoms with Crippen molar-refractivity contribution in [3.8, 4) is 11.5 Å². The second kappa shape index (κ2) is 25.6. The van der Waals surface area contributed by atoms with Gasteiger partial charge in [0.25, 0.3) is 0 Å². The molecule has 1 saturated heterocycles. The first kappa shape index (κ1) is 55.1. The van der Waals surface area contributed by atoms with Crippen LogP contribution in [0.3, 0.4) is 0 Å². The molecular weight excluding hydrogens is 967 g/mol. The number of aliphatic carboxylic acids is 2. The van der Waals surface area contributed by atoms with Crippen molar-refractivity contribution < 1.29 is 80.0 Å². The topological polar surface area (TPSA) is 385 Å². The molecule has 6 atom stereocenters. The van der Waals surface area contributed by atoms with Crippen LogP contribution in [0.25, 0.3) is 0 Å². The smallest absolute Gasteiger partial charge is 0.500 e. The van der Waals surface area contributed by atoms with E-state index in [-0.39, 0.29) is 30.0 Å². The van der Waals surface area contributed by atoms with Gasteiger partial charge in [-0.3, -0.25) is 47.9 Å². The number of amides is 8. The van der Waals surface area contributed by atoms with Crippen LogP contribution in [0.1, 0.15) is 50.7 Å². The summed E-state index contributed by atoms with van der Waals surface area (Å²) in [4.78, 5) is 129. The highest BCUT2D eigenvalue weighted by Gasteiger charge is 2.36. The summed E-state index contributed by atoms with van der Waals surface area (Å²) in [5, 5.41) is 42.6. The number of likely N-dealkylation sites (tertiary alicyclic amines) is 1. The van der Waals surface area contributed by atoms with Gasteiger partial charge in [-0.05, 0) is 55.2 Å². The minimum Gasteiger partial charge on any atom is -0.508 e. The van der Waals surface area contributed by atoms with Crippen LogP contribution >= 0.6 is 23.2 Å². The number of halogens is 2. The number of hydrogen-bond donors (Lipinski definition) is 10. The molecule has 0 bridgehead atoms. The first-order valence-electron chi connectivity index (χ1n) is 20.1. The van der Waals surface area contributed by atoms with Crippen molar-refractivity contribution in [2.45, 2.75) is 88.6 Å². The van der Waals surface area contributed by atoms with E-state index in [0.29, 0.717) is 24.7 Å². The van der Waals surface area contributed by atoms with Gasteiger partial charge in [-0.2, -0.15) is 0 Å². The number of benzene rings is 2. The molecule has 0 radical (unpaired) electrons. The van der Waals surface area contributed by atoms with Crippen LogP contribution in [0.5, 0.6) is 11.5 Å². The van der Waals surface area contributed by atoms with E-state index in [1.54, 1.807) is 0 Å². The molecule has 0 unspecified atom stereocenters. The summed E-state index contributed by atoms with van der Waals surface area (Å²) >= 11 is 10.7. The highest BCUT2D eigenvalue weighted by Crippen LogP contribution is 2.20. The van der Waals surface area contributed by atoms with E-state index in [4.69, 9.17) is 33.1 Å². The van der Waals surface area contributed by atoms with Gasteiger partial charge in [0, 0.05) is 26.3 Å². The van der Waals surface area contributed by atoms with E-state index in [1.807, 2.05) is 0 Å². The number of nitrogens with zero attached hydrogens (tertiary/aromatic N) is 1. The third-order valence-electron chi connectivity index (χ3n) is 9.58. The average molecular weight is 1020 g/mol. The quantitative estimate of drug-likeness (QED) is 0.0486. The molecule has 28 heteroatoms. The zero-order valence-electron chi connectivity index (χ0n) is 36.1. The van der Waals surface area contributed by atoms with Crippen LogP contribution in [-0.4, -0.2) is 137 Å². The summed E-state index contributed by atoms with van der Waals surface area (Å²) in [6.07, 6.45) is -1.58. The van der Waals surface area contributed by atoms with E-state index in [9.17, 15) is 71.7 Å². The SMILES string of the molecule is CC(=O)N[C@@H](CC(=O)O)C(=O)N[C@@H](Cc1ccc(OS(=O)(=O)OC=C(Cl)Cl)cc1)C(=O)N[C@@H](CC(=O)O)C(=O)N[C@@H](Cc1ccc(O)cc1)C(=O)NCC(=O)N[C@@H](C)C(=O)N1CCC[C@H]1C(N)=O. The summed E-state index contributed by atoms with van der Waals surface area (Å²) in [5.41, 5.74) is 5.90. The van der Waals surface area contributed by atoms with Crippen molar-refractivity contribution in [1.82, 2.24) is 36.8 Å². The van der Waals surface area contributed by atoms with E-state index in [2.05, 4.69) is 36.1 Å². The normalized spacial score (nSPS) is 15.4. The molecule has 1 aliphatic rings. The lowest BCUT2D eigenvalue weighted by Gasteiger charge is -2.26. The van der Waals surface area contributed by atoms with Crippen molar-refractivity contribution in [2.24, 2.45) is 5.73 Å².